The molecule has 4 N–H and O–H groups in total. The first-order valence-electron chi connectivity index (χ1n) is 31.3. The summed E-state index contributed by atoms with van der Waals surface area (Å²) < 4.78 is 97.7. The molecule has 21 heteroatoms. The third-order valence-corrected chi connectivity index (χ3v) is 17.1. The van der Waals surface area contributed by atoms with E-state index >= 15 is 8.78 Å². The number of halogens is 6. The molecule has 0 bridgehead atoms. The number of nitrogens with zero attached hydrogens (tertiary/aromatic N) is 4. The first kappa shape index (κ1) is 71.6. The maximum Gasteiger partial charge on any atom is 0.326 e. The number of hydrogen-bond acceptors (Lipinski definition) is 11. The van der Waals surface area contributed by atoms with Crippen molar-refractivity contribution in [3.63, 3.8) is 0 Å². The Bertz CT molecular complexity index is 3650. The number of nitrogens with one attached hydrogen (secondary N) is 1. The lowest BCUT2D eigenvalue weighted by molar-refractivity contribution is -0.144. The Labute approximate surface area is 533 Å². The molecule has 2 aliphatic heterocycles. The highest BCUT2D eigenvalue weighted by molar-refractivity contribution is 5.82. The molecule has 4 heterocycles. The van der Waals surface area contributed by atoms with Gasteiger partial charge in [-0.3, -0.25) is 33.8 Å². The lowest BCUT2D eigenvalue weighted by Gasteiger charge is -2.34. The van der Waals surface area contributed by atoms with Crippen molar-refractivity contribution >= 4 is 23.8 Å². The zero-order valence-electron chi connectivity index (χ0n) is 52.4. The van der Waals surface area contributed by atoms with E-state index in [1.807, 2.05) is 73.9 Å². The summed E-state index contributed by atoms with van der Waals surface area (Å²) in [5, 5.41) is 12.2. The van der Waals surface area contributed by atoms with Crippen LogP contribution >= 0.6 is 0 Å². The van der Waals surface area contributed by atoms with Crippen LogP contribution < -0.4 is 22.2 Å². The van der Waals surface area contributed by atoms with Crippen LogP contribution in [-0.4, -0.2) is 113 Å². The van der Waals surface area contributed by atoms with E-state index < -0.39 is 90.0 Å². The minimum Gasteiger partial charge on any atom is -0.480 e. The number of carbonyl (C=O) groups is 4. The van der Waals surface area contributed by atoms with Gasteiger partial charge in [-0.15, -0.1) is 0 Å². The van der Waals surface area contributed by atoms with Gasteiger partial charge in [0.2, 0.25) is 5.91 Å². The summed E-state index contributed by atoms with van der Waals surface area (Å²) in [7, 11) is 0. The molecule has 6 aromatic rings. The minimum absolute atomic E-state index is 0. The minimum atomic E-state index is -1.25. The number of carbonyl (C=O) groups excluding carboxylic acids is 3. The molecule has 1 amide bonds. The van der Waals surface area contributed by atoms with Crippen molar-refractivity contribution < 1.29 is 60.1 Å². The fourth-order valence-corrected chi connectivity index (χ4v) is 11.8. The highest BCUT2D eigenvalue weighted by Crippen LogP contribution is 2.39. The molecule has 2 aliphatic carbocycles. The molecule has 0 radical (unpaired) electrons. The maximum absolute atomic E-state index is 15.5. The summed E-state index contributed by atoms with van der Waals surface area (Å²) in [6.07, 6.45) is 7.28. The largest absolute Gasteiger partial charge is 0.480 e. The van der Waals surface area contributed by atoms with Crippen LogP contribution in [0.5, 0.6) is 0 Å². The third kappa shape index (κ3) is 19.1. The van der Waals surface area contributed by atoms with Crippen molar-refractivity contribution in [3.05, 3.63) is 186 Å². The second kappa shape index (κ2) is 32.6. The highest BCUT2D eigenvalue weighted by atomic mass is 19.2. The molecule has 15 nitrogen and oxygen atoms in total. The summed E-state index contributed by atoms with van der Waals surface area (Å²) in [5.74, 6) is -6.35. The predicted molar refractivity (Wildman–Crippen MR) is 341 cm³/mol. The third-order valence-electron chi connectivity index (χ3n) is 17.1. The zero-order chi connectivity index (χ0) is 65.8. The normalized spacial score (nSPS) is 16.2. The fraction of sp³-hybridized carbons (Fsp3) is 0.465. The number of aryl methyl sites for hydroxylation is 4. The Morgan fingerprint density at radius 3 is 1.41 bits per heavy atom. The van der Waals surface area contributed by atoms with Crippen molar-refractivity contribution in [2.75, 3.05) is 52.5 Å². The van der Waals surface area contributed by atoms with Gasteiger partial charge < -0.3 is 34.8 Å². The Morgan fingerprint density at radius 2 is 1.00 bits per heavy atom. The molecular formula is C71H86F6N6O9. The Hall–Kier alpha value is -7.88. The van der Waals surface area contributed by atoms with Crippen LogP contribution in [0.1, 0.15) is 141 Å². The zero-order valence-corrected chi connectivity index (χ0v) is 52.4. The van der Waals surface area contributed by atoms with Crippen LogP contribution in [0.2, 0.25) is 0 Å². The number of carboxylic acid groups (broad SMARTS) is 1. The van der Waals surface area contributed by atoms with E-state index in [-0.39, 0.29) is 55.2 Å². The number of carboxylic acids is 1. The smallest absolute Gasteiger partial charge is 0.326 e. The molecule has 4 atom stereocenters. The Kier molecular flexibility index (Phi) is 25.4. The van der Waals surface area contributed by atoms with E-state index in [0.717, 1.165) is 88.9 Å². The van der Waals surface area contributed by atoms with E-state index in [9.17, 15) is 51.4 Å². The van der Waals surface area contributed by atoms with Gasteiger partial charge >= 0.3 is 17.9 Å². The number of ether oxygens (including phenoxy) is 2. The number of aromatic nitrogens is 2. The first-order chi connectivity index (χ1) is 43.4. The number of pyridine rings is 2. The van der Waals surface area contributed by atoms with Crippen LogP contribution in [0.15, 0.2) is 107 Å². The molecule has 10 rings (SSSR count). The molecule has 2 saturated heterocycles. The average Bonchev–Trinajstić information content (AvgIpc) is 0.937. The average molecular weight is 1280 g/mol. The molecule has 4 aliphatic rings. The van der Waals surface area contributed by atoms with Gasteiger partial charge in [-0.1, -0.05) is 81.6 Å². The van der Waals surface area contributed by atoms with E-state index in [1.165, 1.54) is 33.4 Å². The molecule has 92 heavy (non-hydrogen) atoms. The van der Waals surface area contributed by atoms with Crippen LogP contribution in [0.3, 0.4) is 0 Å². The Morgan fingerprint density at radius 1 is 0.598 bits per heavy atom. The summed E-state index contributed by atoms with van der Waals surface area (Å²) in [6.45, 7) is 14.2. The van der Waals surface area contributed by atoms with Crippen LogP contribution in [0, 0.1) is 62.8 Å². The molecule has 496 valence electrons. The topological polar surface area (TPSA) is 196 Å². The number of hydrogen-bond donors (Lipinski definition) is 3. The second-order valence-corrected chi connectivity index (χ2v) is 24.4. The summed E-state index contributed by atoms with van der Waals surface area (Å²) in [5.41, 5.74) is 12.9. The maximum atomic E-state index is 15.5. The van der Waals surface area contributed by atoms with Gasteiger partial charge in [-0.25, -0.2) is 31.1 Å². The highest BCUT2D eigenvalue weighted by Gasteiger charge is 2.35. The van der Waals surface area contributed by atoms with Crippen molar-refractivity contribution in [1.82, 2.24) is 24.3 Å². The van der Waals surface area contributed by atoms with Gasteiger partial charge in [-0.2, -0.15) is 0 Å². The molecule has 0 spiro atoms. The van der Waals surface area contributed by atoms with Gasteiger partial charge in [0.1, 0.15) is 24.4 Å². The lowest BCUT2D eigenvalue weighted by atomic mass is 9.92. The Balaban J connectivity index is 0.000000215. The molecule has 4 aromatic carbocycles. The van der Waals surface area contributed by atoms with Gasteiger partial charge in [0, 0.05) is 81.0 Å². The number of rotatable bonds is 25. The molecule has 2 saturated carbocycles. The molecule has 4 fully saturated rings. The van der Waals surface area contributed by atoms with Crippen molar-refractivity contribution in [1.29, 1.82) is 0 Å². The number of benzene rings is 4. The van der Waals surface area contributed by atoms with Gasteiger partial charge in [-0.05, 0) is 159 Å². The standard InChI is InChI=1S/C35H40F3N3O4.C19H21F2NO2.C16H21FN2O3.CH4/c1-4-45-32(43)17-29(27-15-25(16-28(37)34(27)38)33-21(2)6-5-7-22(33)3)39-35(44)30(14-23-8-9-23)41-18-24(10-11-31(41)42)12-13-40-19-26(36)20-40;1-4-24-17(23)10-16(22)14-8-13(9-15(20)19(14)21)18-11(2)6-5-7-12(18)3;17-13-9-18(10-13)6-5-12-3-4-15(20)19(8-12)14(16(21)22)7-11-1-2-11;/h5-7,10-11,15-16,18,23,26,29-30H,4,8-9,12-14,17,19-20H2,1-3H3,(H,39,44);5-9,16H,4,10,22H2,1-3H3;3-4,8,11,13-14H,1-2,5-7,9-10H2,(H,21,22);1H4/t29-,30?;16-;;/m00../s1. The fourth-order valence-electron chi connectivity index (χ4n) is 11.8. The van der Waals surface area contributed by atoms with Gasteiger partial charge in [0.25, 0.3) is 11.1 Å². The molecule has 2 unspecified atom stereocenters. The van der Waals surface area contributed by atoms with Crippen LogP contribution in [0.4, 0.5) is 26.3 Å². The number of alkyl halides is 2. The van der Waals surface area contributed by atoms with Crippen LogP contribution in [0.25, 0.3) is 22.3 Å². The number of esters is 2. The quantitative estimate of drug-likeness (QED) is 0.0363. The van der Waals surface area contributed by atoms with Crippen LogP contribution in [-0.2, 0) is 41.5 Å². The number of amides is 1. The van der Waals surface area contributed by atoms with E-state index in [2.05, 4.69) is 5.32 Å². The van der Waals surface area contributed by atoms with Crippen molar-refractivity contribution in [3.8, 4) is 22.3 Å². The summed E-state index contributed by atoms with van der Waals surface area (Å²) >= 11 is 0. The van der Waals surface area contributed by atoms with E-state index in [0.29, 0.717) is 75.5 Å². The first-order valence-corrected chi connectivity index (χ1v) is 31.3. The number of aliphatic carboxylic acids is 1. The van der Waals surface area contributed by atoms with E-state index in [1.54, 1.807) is 38.4 Å². The van der Waals surface area contributed by atoms with Gasteiger partial charge in [0.15, 0.2) is 23.3 Å². The summed E-state index contributed by atoms with van der Waals surface area (Å²) in [6, 6.07) is 19.0. The summed E-state index contributed by atoms with van der Waals surface area (Å²) in [4.78, 5) is 78.9. The van der Waals surface area contributed by atoms with Crippen molar-refractivity contribution in [2.24, 2.45) is 17.6 Å². The predicted octanol–water partition coefficient (Wildman–Crippen LogP) is 12.1. The van der Waals surface area contributed by atoms with E-state index in [4.69, 9.17) is 15.2 Å². The molecule has 2 aromatic heterocycles. The monoisotopic (exact) mass is 1280 g/mol. The lowest BCUT2D eigenvalue weighted by Crippen LogP contribution is -2.49. The second-order valence-electron chi connectivity index (χ2n) is 24.4. The van der Waals surface area contributed by atoms with Crippen molar-refractivity contribution in [2.45, 2.75) is 150 Å². The molecular weight excluding hydrogens is 1190 g/mol. The number of likely N-dealkylation sites (tertiary alicyclic amines) is 2. The number of nitrogens with two attached hydrogens (primary N) is 1. The SMILES string of the molecule is C.CCOC(=O)C[C@H](N)c1cc(-c2c(C)cccc2C)cc(F)c1F.CCOC(=O)C[C@H](NC(=O)C(CC1CC1)n1cc(CCN2CC(F)C2)ccc1=O)c1cc(-c2c(C)cccc2C)cc(F)c1F.O=C(O)C(CC1CC1)n1cc(CCN2CC(F)C2)ccc1=O. The van der Waals surface area contributed by atoms with Gasteiger partial charge in [0.05, 0.1) is 32.1 Å².